The van der Waals surface area contributed by atoms with Gasteiger partial charge in [0.2, 0.25) is 0 Å². The Balaban J connectivity index is 2.25. The fourth-order valence-electron chi connectivity index (χ4n) is 1.78. The van der Waals surface area contributed by atoms with E-state index in [-0.39, 0.29) is 5.56 Å². The van der Waals surface area contributed by atoms with E-state index < -0.39 is 5.82 Å². The first-order chi connectivity index (χ1) is 8.77. The highest BCUT2D eigenvalue weighted by Gasteiger charge is 2.04. The number of rotatable bonds is 8. The van der Waals surface area contributed by atoms with Crippen molar-refractivity contribution in [3.05, 3.63) is 29.6 Å². The van der Waals surface area contributed by atoms with Gasteiger partial charge >= 0.3 is 0 Å². The number of hydrogen-bond donors (Lipinski definition) is 0. The molecule has 1 aromatic carbocycles. The second kappa shape index (κ2) is 8.52. The summed E-state index contributed by atoms with van der Waals surface area (Å²) in [4.78, 5) is 0. The van der Waals surface area contributed by atoms with E-state index in [4.69, 9.17) is 10.00 Å². The Morgan fingerprint density at radius 1 is 1.17 bits per heavy atom. The average molecular weight is 249 g/mol. The molecule has 0 spiro atoms. The lowest BCUT2D eigenvalue weighted by atomic mass is 10.1. The van der Waals surface area contributed by atoms with Gasteiger partial charge in [-0.1, -0.05) is 39.0 Å². The molecular formula is C15H20FNO. The second-order valence-corrected chi connectivity index (χ2v) is 4.37. The van der Waals surface area contributed by atoms with Crippen LogP contribution in [0.25, 0.3) is 0 Å². The number of benzene rings is 1. The van der Waals surface area contributed by atoms with Gasteiger partial charge in [-0.3, -0.25) is 0 Å². The summed E-state index contributed by atoms with van der Waals surface area (Å²) < 4.78 is 18.4. The van der Waals surface area contributed by atoms with Crippen molar-refractivity contribution in [2.24, 2.45) is 0 Å². The number of hydrogen-bond acceptors (Lipinski definition) is 2. The monoisotopic (exact) mass is 249 g/mol. The zero-order valence-corrected chi connectivity index (χ0v) is 10.9. The van der Waals surface area contributed by atoms with Crippen LogP contribution in [0.5, 0.6) is 5.75 Å². The third-order valence-corrected chi connectivity index (χ3v) is 2.82. The number of unbranched alkanes of at least 4 members (excludes halogenated alkanes) is 5. The van der Waals surface area contributed by atoms with E-state index >= 15 is 0 Å². The lowest BCUT2D eigenvalue weighted by molar-refractivity contribution is 0.303. The molecule has 0 fully saturated rings. The van der Waals surface area contributed by atoms with Crippen LogP contribution in [0.1, 0.15) is 51.0 Å². The summed E-state index contributed by atoms with van der Waals surface area (Å²) in [6.45, 7) is 2.79. The van der Waals surface area contributed by atoms with Gasteiger partial charge in [0.15, 0.2) is 0 Å². The number of nitriles is 1. The smallest absolute Gasteiger partial charge is 0.137 e. The molecule has 0 aromatic heterocycles. The summed E-state index contributed by atoms with van der Waals surface area (Å²) in [6.07, 6.45) is 7.16. The lowest BCUT2D eigenvalue weighted by Crippen LogP contribution is -1.99. The van der Waals surface area contributed by atoms with Crippen molar-refractivity contribution >= 4 is 0 Å². The van der Waals surface area contributed by atoms with Crippen LogP contribution in [0.2, 0.25) is 0 Å². The normalized spacial score (nSPS) is 10.1. The van der Waals surface area contributed by atoms with Crippen molar-refractivity contribution in [3.63, 3.8) is 0 Å². The minimum Gasteiger partial charge on any atom is -0.492 e. The van der Waals surface area contributed by atoms with Gasteiger partial charge in [0.05, 0.1) is 12.2 Å². The third-order valence-electron chi connectivity index (χ3n) is 2.82. The largest absolute Gasteiger partial charge is 0.492 e. The highest BCUT2D eigenvalue weighted by atomic mass is 19.1. The van der Waals surface area contributed by atoms with Crippen LogP contribution in [-0.4, -0.2) is 6.61 Å². The van der Waals surface area contributed by atoms with Gasteiger partial charge in [0, 0.05) is 0 Å². The van der Waals surface area contributed by atoms with Crippen molar-refractivity contribution in [3.8, 4) is 11.8 Å². The molecule has 0 bridgehead atoms. The van der Waals surface area contributed by atoms with E-state index in [0.29, 0.717) is 12.4 Å². The van der Waals surface area contributed by atoms with Crippen LogP contribution in [0.15, 0.2) is 18.2 Å². The van der Waals surface area contributed by atoms with Crippen molar-refractivity contribution in [2.75, 3.05) is 6.61 Å². The predicted molar refractivity (Wildman–Crippen MR) is 70.0 cm³/mol. The number of nitrogens with zero attached hydrogens (tertiary/aromatic N) is 1. The Kier molecular flexibility index (Phi) is 6.86. The molecule has 0 unspecified atom stereocenters. The van der Waals surface area contributed by atoms with Crippen molar-refractivity contribution in [2.45, 2.75) is 45.4 Å². The van der Waals surface area contributed by atoms with Crippen molar-refractivity contribution < 1.29 is 9.13 Å². The van der Waals surface area contributed by atoms with E-state index in [1.54, 1.807) is 0 Å². The summed E-state index contributed by atoms with van der Waals surface area (Å²) in [5.41, 5.74) is 0.265. The molecule has 0 saturated heterocycles. The molecule has 0 N–H and O–H groups in total. The first-order valence-electron chi connectivity index (χ1n) is 6.60. The maximum Gasteiger partial charge on any atom is 0.137 e. The maximum atomic E-state index is 12.9. The fraction of sp³-hybridized carbons (Fsp3) is 0.533. The minimum absolute atomic E-state index is 0.265. The van der Waals surface area contributed by atoms with Crippen LogP contribution in [-0.2, 0) is 0 Å². The van der Waals surface area contributed by atoms with E-state index in [1.807, 2.05) is 6.07 Å². The molecule has 2 nitrogen and oxygen atoms in total. The fourth-order valence-corrected chi connectivity index (χ4v) is 1.78. The number of halogens is 1. The van der Waals surface area contributed by atoms with E-state index in [0.717, 1.165) is 12.8 Å². The molecular weight excluding hydrogens is 229 g/mol. The van der Waals surface area contributed by atoms with E-state index in [1.165, 1.54) is 43.9 Å². The first-order valence-corrected chi connectivity index (χ1v) is 6.60. The molecule has 0 atom stereocenters. The molecule has 1 rings (SSSR count). The van der Waals surface area contributed by atoms with Gasteiger partial charge in [-0.15, -0.1) is 0 Å². The highest BCUT2D eigenvalue weighted by molar-refractivity contribution is 5.42. The molecule has 0 aliphatic heterocycles. The summed E-state index contributed by atoms with van der Waals surface area (Å²) in [6, 6.07) is 5.98. The lowest BCUT2D eigenvalue weighted by Gasteiger charge is -2.07. The summed E-state index contributed by atoms with van der Waals surface area (Å²) >= 11 is 0. The van der Waals surface area contributed by atoms with Crippen LogP contribution in [0.4, 0.5) is 4.39 Å². The Hall–Kier alpha value is -1.56. The number of ether oxygens (including phenoxy) is 1. The second-order valence-electron chi connectivity index (χ2n) is 4.37. The first kappa shape index (κ1) is 14.5. The van der Waals surface area contributed by atoms with Crippen LogP contribution in [0.3, 0.4) is 0 Å². The van der Waals surface area contributed by atoms with Gasteiger partial charge in [0.1, 0.15) is 17.6 Å². The Bertz CT molecular complexity index is 398. The minimum atomic E-state index is -0.404. The van der Waals surface area contributed by atoms with Crippen LogP contribution in [0, 0.1) is 17.1 Å². The van der Waals surface area contributed by atoms with Gasteiger partial charge in [-0.05, 0) is 24.6 Å². The molecule has 0 saturated carbocycles. The Morgan fingerprint density at radius 3 is 2.61 bits per heavy atom. The van der Waals surface area contributed by atoms with E-state index in [2.05, 4.69) is 6.92 Å². The molecule has 3 heteroatoms. The molecule has 0 aliphatic rings. The topological polar surface area (TPSA) is 33.0 Å². The van der Waals surface area contributed by atoms with Gasteiger partial charge in [-0.25, -0.2) is 4.39 Å². The Labute approximate surface area is 108 Å². The Morgan fingerprint density at radius 2 is 1.89 bits per heavy atom. The third kappa shape index (κ3) is 5.18. The van der Waals surface area contributed by atoms with Crippen molar-refractivity contribution in [1.29, 1.82) is 5.26 Å². The predicted octanol–water partition coefficient (Wildman–Crippen LogP) is 4.44. The van der Waals surface area contributed by atoms with Crippen LogP contribution >= 0.6 is 0 Å². The SMILES string of the molecule is CCCCCCCCOc1ccc(F)cc1C#N. The molecule has 0 radical (unpaired) electrons. The molecule has 1 aromatic rings. The van der Waals surface area contributed by atoms with Crippen LogP contribution < -0.4 is 4.74 Å². The zero-order chi connectivity index (χ0) is 13.2. The molecule has 0 aliphatic carbocycles. The molecule has 18 heavy (non-hydrogen) atoms. The summed E-state index contributed by atoms with van der Waals surface area (Å²) in [5, 5.41) is 8.85. The summed E-state index contributed by atoms with van der Waals surface area (Å²) in [5.74, 6) is 0.0749. The molecule has 0 heterocycles. The van der Waals surface area contributed by atoms with E-state index in [9.17, 15) is 4.39 Å². The average Bonchev–Trinajstić information content (AvgIpc) is 2.39. The van der Waals surface area contributed by atoms with Gasteiger partial charge in [0.25, 0.3) is 0 Å². The maximum absolute atomic E-state index is 12.9. The zero-order valence-electron chi connectivity index (χ0n) is 10.9. The van der Waals surface area contributed by atoms with Gasteiger partial charge < -0.3 is 4.74 Å². The molecule has 98 valence electrons. The highest BCUT2D eigenvalue weighted by Crippen LogP contribution is 2.19. The quantitative estimate of drug-likeness (QED) is 0.638. The molecule has 0 amide bonds. The van der Waals surface area contributed by atoms with Gasteiger partial charge in [-0.2, -0.15) is 5.26 Å². The summed E-state index contributed by atoms with van der Waals surface area (Å²) in [7, 11) is 0. The standard InChI is InChI=1S/C15H20FNO/c1-2-3-4-5-6-7-10-18-15-9-8-14(16)11-13(15)12-17/h8-9,11H,2-7,10H2,1H3. The van der Waals surface area contributed by atoms with Crippen molar-refractivity contribution in [1.82, 2.24) is 0 Å².